The highest BCUT2D eigenvalue weighted by molar-refractivity contribution is 5.88. The maximum atomic E-state index is 11.3. The van der Waals surface area contributed by atoms with E-state index in [2.05, 4.69) is 0 Å². The van der Waals surface area contributed by atoms with Gasteiger partial charge in [-0.05, 0) is 44.4 Å². The van der Waals surface area contributed by atoms with Gasteiger partial charge in [0.25, 0.3) is 0 Å². The highest BCUT2D eigenvalue weighted by atomic mass is 16.1. The van der Waals surface area contributed by atoms with Gasteiger partial charge in [-0.2, -0.15) is 0 Å². The van der Waals surface area contributed by atoms with Gasteiger partial charge in [-0.3, -0.25) is 4.79 Å². The summed E-state index contributed by atoms with van der Waals surface area (Å²) in [6, 6.07) is 0. The van der Waals surface area contributed by atoms with E-state index in [1.54, 1.807) is 11.1 Å². The largest absolute Gasteiger partial charge is 0.299 e. The lowest BCUT2D eigenvalue weighted by atomic mass is 9.61. The first-order valence-corrected chi connectivity index (χ1v) is 5.57. The molecule has 0 aromatic rings. The Hall–Kier alpha value is -0.590. The van der Waals surface area contributed by atoms with Crippen molar-refractivity contribution >= 4 is 5.78 Å². The van der Waals surface area contributed by atoms with Crippen LogP contribution in [0.4, 0.5) is 0 Å². The summed E-state index contributed by atoms with van der Waals surface area (Å²) in [6.45, 7) is 0. The molecule has 13 heavy (non-hydrogen) atoms. The van der Waals surface area contributed by atoms with Crippen LogP contribution in [0.25, 0.3) is 0 Å². The predicted molar refractivity (Wildman–Crippen MR) is 51.3 cm³/mol. The number of allylic oxidation sites excluding steroid dienone is 2. The minimum atomic E-state index is 0.455. The lowest BCUT2D eigenvalue weighted by Crippen LogP contribution is -2.40. The Morgan fingerprint density at radius 3 is 2.31 bits per heavy atom. The molecule has 2 atom stereocenters. The van der Waals surface area contributed by atoms with Gasteiger partial charge in [0.2, 0.25) is 0 Å². The Morgan fingerprint density at radius 1 is 0.923 bits per heavy atom. The van der Waals surface area contributed by atoms with Crippen molar-refractivity contribution in [1.82, 2.24) is 0 Å². The lowest BCUT2D eigenvalue weighted by Gasteiger charge is -2.42. The highest BCUT2D eigenvalue weighted by Crippen LogP contribution is 2.48. The van der Waals surface area contributed by atoms with Crippen LogP contribution in [0.3, 0.4) is 0 Å². The molecule has 0 heterocycles. The zero-order valence-electron chi connectivity index (χ0n) is 8.01. The molecular formula is C12H16O. The second-order valence-corrected chi connectivity index (χ2v) is 4.86. The maximum Gasteiger partial charge on any atom is 0.136 e. The molecule has 1 fully saturated rings. The number of hydrogen-bond donors (Lipinski definition) is 0. The van der Waals surface area contributed by atoms with Gasteiger partial charge in [0.05, 0.1) is 0 Å². The molecule has 70 valence electrons. The lowest BCUT2D eigenvalue weighted by molar-refractivity contribution is -0.134. The van der Waals surface area contributed by atoms with Gasteiger partial charge in [0, 0.05) is 12.3 Å². The van der Waals surface area contributed by atoms with Gasteiger partial charge < -0.3 is 0 Å². The first-order valence-electron chi connectivity index (χ1n) is 5.57. The van der Waals surface area contributed by atoms with Crippen molar-refractivity contribution in [1.29, 1.82) is 0 Å². The number of fused-ring (bicyclic) bond motifs is 1. The molecule has 0 spiro atoms. The Kier molecular flexibility index (Phi) is 1.61. The van der Waals surface area contributed by atoms with Crippen LogP contribution in [0.1, 0.15) is 44.9 Å². The van der Waals surface area contributed by atoms with E-state index < -0.39 is 0 Å². The van der Waals surface area contributed by atoms with Gasteiger partial charge in [-0.15, -0.1) is 0 Å². The molecule has 0 saturated heterocycles. The number of carbonyl (C=O) groups excluding carboxylic acids is 1. The molecule has 1 heteroatoms. The zero-order chi connectivity index (χ0) is 8.84. The average molecular weight is 176 g/mol. The summed E-state index contributed by atoms with van der Waals surface area (Å²) in [7, 11) is 0. The van der Waals surface area contributed by atoms with Crippen molar-refractivity contribution in [3.05, 3.63) is 11.1 Å². The monoisotopic (exact) mass is 176 g/mol. The summed E-state index contributed by atoms with van der Waals surface area (Å²) in [4.78, 5) is 11.3. The van der Waals surface area contributed by atoms with Crippen LogP contribution in [-0.4, -0.2) is 5.78 Å². The fourth-order valence-electron chi connectivity index (χ4n) is 3.25. The number of carbonyl (C=O) groups is 1. The predicted octanol–water partition coefficient (Wildman–Crippen LogP) is 2.86. The molecule has 3 aliphatic carbocycles. The van der Waals surface area contributed by atoms with Gasteiger partial charge in [-0.25, -0.2) is 0 Å². The third-order valence-corrected chi connectivity index (χ3v) is 4.13. The van der Waals surface area contributed by atoms with Crippen molar-refractivity contribution < 1.29 is 4.79 Å². The zero-order valence-corrected chi connectivity index (χ0v) is 8.01. The number of hydrogen-bond acceptors (Lipinski definition) is 1. The van der Waals surface area contributed by atoms with Crippen molar-refractivity contribution in [2.75, 3.05) is 0 Å². The van der Waals surface area contributed by atoms with Gasteiger partial charge >= 0.3 is 0 Å². The molecule has 1 saturated carbocycles. The first kappa shape index (κ1) is 7.78. The summed E-state index contributed by atoms with van der Waals surface area (Å²) in [5.41, 5.74) is 3.40. The molecule has 0 aromatic carbocycles. The van der Waals surface area contributed by atoms with Crippen LogP contribution in [0.2, 0.25) is 0 Å². The second-order valence-electron chi connectivity index (χ2n) is 4.86. The van der Waals surface area contributed by atoms with Gasteiger partial charge in [0.15, 0.2) is 0 Å². The van der Waals surface area contributed by atoms with E-state index >= 15 is 0 Å². The standard InChI is InChI=1S/C12H16O/c13-12-7-10-5-8-3-1-2-4-9(8)6-11(10)12/h10-11H,1-7H2/t10-,11-/m0/s1. The third-order valence-electron chi connectivity index (χ3n) is 4.13. The maximum absolute atomic E-state index is 11.3. The van der Waals surface area contributed by atoms with Crippen molar-refractivity contribution in [3.8, 4) is 0 Å². The third kappa shape index (κ3) is 1.09. The van der Waals surface area contributed by atoms with Crippen LogP contribution in [0.15, 0.2) is 11.1 Å². The summed E-state index contributed by atoms with van der Waals surface area (Å²) < 4.78 is 0. The highest BCUT2D eigenvalue weighted by Gasteiger charge is 2.43. The Balaban J connectivity index is 1.85. The molecule has 0 aromatic heterocycles. The Bertz CT molecular complexity index is 287. The molecule has 0 aliphatic heterocycles. The van der Waals surface area contributed by atoms with Crippen molar-refractivity contribution in [2.24, 2.45) is 11.8 Å². The van der Waals surface area contributed by atoms with Crippen molar-refractivity contribution in [3.63, 3.8) is 0 Å². The van der Waals surface area contributed by atoms with Gasteiger partial charge in [-0.1, -0.05) is 11.1 Å². The Labute approximate surface area is 79.2 Å². The van der Waals surface area contributed by atoms with E-state index in [4.69, 9.17) is 0 Å². The minimum Gasteiger partial charge on any atom is -0.299 e. The summed E-state index contributed by atoms with van der Waals surface area (Å²) in [5.74, 6) is 1.75. The number of rotatable bonds is 0. The van der Waals surface area contributed by atoms with Crippen LogP contribution in [-0.2, 0) is 4.79 Å². The molecule has 0 radical (unpaired) electrons. The van der Waals surface area contributed by atoms with E-state index in [0.717, 1.165) is 18.8 Å². The summed E-state index contributed by atoms with van der Waals surface area (Å²) >= 11 is 0. The number of ketones is 1. The fourth-order valence-corrected chi connectivity index (χ4v) is 3.25. The first-order chi connectivity index (χ1) is 6.34. The van der Waals surface area contributed by atoms with Crippen LogP contribution in [0, 0.1) is 11.8 Å². The topological polar surface area (TPSA) is 17.1 Å². The molecular weight excluding hydrogens is 160 g/mol. The Morgan fingerprint density at radius 2 is 1.62 bits per heavy atom. The van der Waals surface area contributed by atoms with Crippen molar-refractivity contribution in [2.45, 2.75) is 44.9 Å². The normalized spacial score (nSPS) is 38.0. The molecule has 0 bridgehead atoms. The minimum absolute atomic E-state index is 0.455. The molecule has 0 amide bonds. The molecule has 3 rings (SSSR count). The number of Topliss-reactive ketones (excluding diaryl/α,β-unsaturated/α-hetero) is 1. The second kappa shape index (κ2) is 2.70. The molecule has 0 N–H and O–H groups in total. The fraction of sp³-hybridized carbons (Fsp3) is 0.750. The van der Waals surface area contributed by atoms with Crippen LogP contribution < -0.4 is 0 Å². The van der Waals surface area contributed by atoms with E-state index in [0.29, 0.717) is 11.7 Å². The molecule has 1 nitrogen and oxygen atoms in total. The summed E-state index contributed by atoms with van der Waals surface area (Å²) in [6.07, 6.45) is 8.69. The summed E-state index contributed by atoms with van der Waals surface area (Å²) in [5, 5.41) is 0. The van der Waals surface area contributed by atoms with Gasteiger partial charge in [0.1, 0.15) is 5.78 Å². The molecule has 3 aliphatic rings. The van der Waals surface area contributed by atoms with Crippen LogP contribution in [0.5, 0.6) is 0 Å². The SMILES string of the molecule is O=C1C[C@@H]2CC3=C(CCCC3)C[C@H]12. The quantitative estimate of drug-likeness (QED) is 0.519. The van der Waals surface area contributed by atoms with E-state index in [1.807, 2.05) is 0 Å². The van der Waals surface area contributed by atoms with E-state index in [1.165, 1.54) is 32.1 Å². The van der Waals surface area contributed by atoms with E-state index in [-0.39, 0.29) is 0 Å². The van der Waals surface area contributed by atoms with E-state index in [9.17, 15) is 4.79 Å². The smallest absolute Gasteiger partial charge is 0.136 e. The average Bonchev–Trinajstić information content (AvgIpc) is 2.16. The van der Waals surface area contributed by atoms with Crippen LogP contribution >= 0.6 is 0 Å². The molecule has 0 unspecified atom stereocenters.